The molecular weight excluding hydrogens is 232 g/mol. The van der Waals surface area contributed by atoms with E-state index in [1.807, 2.05) is 12.4 Å². The van der Waals surface area contributed by atoms with Gasteiger partial charge >= 0.3 is 0 Å². The fourth-order valence-electron chi connectivity index (χ4n) is 4.24. The van der Waals surface area contributed by atoms with E-state index in [1.54, 1.807) is 0 Å². The molecule has 0 spiro atoms. The maximum Gasteiger partial charge on any atom is 0.0270 e. The third-order valence-corrected chi connectivity index (χ3v) is 5.29. The molecule has 2 aliphatic carbocycles. The third kappa shape index (κ3) is 2.55. The fraction of sp³-hybridized carbons (Fsp3) is 0.706. The first kappa shape index (κ1) is 13.1. The van der Waals surface area contributed by atoms with Crippen molar-refractivity contribution >= 4 is 0 Å². The van der Waals surface area contributed by atoms with Crippen LogP contribution in [0.1, 0.15) is 51.0 Å². The van der Waals surface area contributed by atoms with Crippen molar-refractivity contribution in [1.82, 2.24) is 10.3 Å². The number of pyridine rings is 1. The molecule has 2 heteroatoms. The van der Waals surface area contributed by atoms with Crippen molar-refractivity contribution in [1.29, 1.82) is 0 Å². The molecule has 0 saturated heterocycles. The van der Waals surface area contributed by atoms with Crippen molar-refractivity contribution in [2.45, 2.75) is 51.5 Å². The lowest BCUT2D eigenvalue weighted by molar-refractivity contribution is 0.362. The molecule has 2 aliphatic rings. The minimum Gasteiger partial charge on any atom is -0.313 e. The molecule has 3 rings (SSSR count). The Morgan fingerprint density at radius 3 is 2.58 bits per heavy atom. The Balaban J connectivity index is 1.72. The summed E-state index contributed by atoms with van der Waals surface area (Å²) < 4.78 is 0. The van der Waals surface area contributed by atoms with Crippen molar-refractivity contribution in [3.8, 4) is 0 Å². The Bertz CT molecular complexity index is 393. The Hall–Kier alpha value is -0.890. The smallest absolute Gasteiger partial charge is 0.0270 e. The quantitative estimate of drug-likeness (QED) is 0.843. The molecule has 0 amide bonds. The molecule has 104 valence electrons. The highest BCUT2D eigenvalue weighted by molar-refractivity contribution is 5.20. The molecular formula is C17H26N2. The summed E-state index contributed by atoms with van der Waals surface area (Å²) in [5, 5.41) is 3.84. The molecule has 2 nitrogen and oxygen atoms in total. The molecule has 0 aliphatic heterocycles. The topological polar surface area (TPSA) is 24.9 Å². The Morgan fingerprint density at radius 2 is 1.95 bits per heavy atom. The van der Waals surface area contributed by atoms with E-state index in [-0.39, 0.29) is 0 Å². The van der Waals surface area contributed by atoms with Gasteiger partial charge in [0.2, 0.25) is 0 Å². The van der Waals surface area contributed by atoms with E-state index in [1.165, 1.54) is 31.2 Å². The van der Waals surface area contributed by atoms with Crippen LogP contribution in [-0.2, 0) is 0 Å². The van der Waals surface area contributed by atoms with Crippen LogP contribution in [0.5, 0.6) is 0 Å². The zero-order valence-corrected chi connectivity index (χ0v) is 12.2. The van der Waals surface area contributed by atoms with E-state index < -0.39 is 0 Å². The van der Waals surface area contributed by atoms with Crippen LogP contribution in [0.3, 0.4) is 0 Å². The van der Waals surface area contributed by atoms with Crippen LogP contribution in [0.2, 0.25) is 0 Å². The van der Waals surface area contributed by atoms with Crippen molar-refractivity contribution in [3.63, 3.8) is 0 Å². The van der Waals surface area contributed by atoms with Gasteiger partial charge in [0.15, 0.2) is 0 Å². The van der Waals surface area contributed by atoms with Crippen molar-refractivity contribution in [2.75, 3.05) is 6.54 Å². The number of hydrogen-bond donors (Lipinski definition) is 1. The van der Waals surface area contributed by atoms with Crippen molar-refractivity contribution < 1.29 is 0 Å². The first-order valence-electron chi connectivity index (χ1n) is 7.96. The van der Waals surface area contributed by atoms with Crippen LogP contribution in [0, 0.1) is 17.8 Å². The van der Waals surface area contributed by atoms with Gasteiger partial charge in [-0.15, -0.1) is 0 Å². The average Bonchev–Trinajstić information content (AvgIpc) is 2.92. The summed E-state index contributed by atoms with van der Waals surface area (Å²) in [6.07, 6.45) is 9.50. The predicted octanol–water partition coefficient (Wildman–Crippen LogP) is 3.60. The first-order chi connectivity index (χ1) is 9.33. The van der Waals surface area contributed by atoms with Crippen LogP contribution < -0.4 is 5.32 Å². The summed E-state index contributed by atoms with van der Waals surface area (Å²) in [5.74, 6) is 3.59. The highest BCUT2D eigenvalue weighted by Crippen LogP contribution is 2.60. The monoisotopic (exact) mass is 258 g/mol. The van der Waals surface area contributed by atoms with Gasteiger partial charge in [0.25, 0.3) is 0 Å². The average molecular weight is 258 g/mol. The first-order valence-corrected chi connectivity index (χ1v) is 7.96. The number of fused-ring (bicyclic) bond motifs is 1. The van der Waals surface area contributed by atoms with Crippen LogP contribution in [0.4, 0.5) is 0 Å². The van der Waals surface area contributed by atoms with Gasteiger partial charge in [-0.05, 0) is 67.2 Å². The molecule has 0 radical (unpaired) electrons. The Morgan fingerprint density at radius 1 is 1.26 bits per heavy atom. The third-order valence-electron chi connectivity index (χ3n) is 5.29. The van der Waals surface area contributed by atoms with E-state index in [9.17, 15) is 0 Å². The van der Waals surface area contributed by atoms with E-state index in [2.05, 4.69) is 36.3 Å². The van der Waals surface area contributed by atoms with E-state index in [0.717, 1.165) is 24.3 Å². The number of hydrogen-bond acceptors (Lipinski definition) is 2. The van der Waals surface area contributed by atoms with Gasteiger partial charge in [-0.3, -0.25) is 4.98 Å². The number of aromatic nitrogens is 1. The molecule has 2 fully saturated rings. The SMILES string of the molecule is CCCNC(C(C)c1ccncc1)C1C2CCCC21. The Labute approximate surface area is 117 Å². The van der Waals surface area contributed by atoms with Gasteiger partial charge in [0, 0.05) is 18.4 Å². The summed E-state index contributed by atoms with van der Waals surface area (Å²) >= 11 is 0. The normalized spacial score (nSPS) is 31.8. The molecule has 4 unspecified atom stereocenters. The molecule has 0 bridgehead atoms. The molecule has 1 aromatic heterocycles. The fourth-order valence-corrected chi connectivity index (χ4v) is 4.24. The molecule has 1 aromatic rings. The summed E-state index contributed by atoms with van der Waals surface area (Å²) in [6.45, 7) is 5.79. The van der Waals surface area contributed by atoms with Gasteiger partial charge in [-0.2, -0.15) is 0 Å². The highest BCUT2D eigenvalue weighted by atomic mass is 14.9. The second kappa shape index (κ2) is 5.62. The van der Waals surface area contributed by atoms with Gasteiger partial charge in [-0.1, -0.05) is 20.3 Å². The van der Waals surface area contributed by atoms with Crippen molar-refractivity contribution in [3.05, 3.63) is 30.1 Å². The maximum absolute atomic E-state index is 4.15. The van der Waals surface area contributed by atoms with Crippen LogP contribution in [0.25, 0.3) is 0 Å². The predicted molar refractivity (Wildman–Crippen MR) is 79.1 cm³/mol. The minimum absolute atomic E-state index is 0.602. The zero-order valence-electron chi connectivity index (χ0n) is 12.2. The lowest BCUT2D eigenvalue weighted by Crippen LogP contribution is -2.37. The van der Waals surface area contributed by atoms with Gasteiger partial charge in [-0.25, -0.2) is 0 Å². The van der Waals surface area contributed by atoms with Crippen LogP contribution in [-0.4, -0.2) is 17.6 Å². The molecule has 4 atom stereocenters. The lowest BCUT2D eigenvalue weighted by atomic mass is 9.88. The number of nitrogens with zero attached hydrogens (tertiary/aromatic N) is 1. The standard InChI is InChI=1S/C17H26N2/c1-3-9-19-17(16-14-5-4-6-15(14)16)12(2)13-7-10-18-11-8-13/h7-8,10-12,14-17,19H,3-6,9H2,1-2H3. The van der Waals surface area contributed by atoms with Gasteiger partial charge < -0.3 is 5.32 Å². The number of rotatable bonds is 6. The van der Waals surface area contributed by atoms with Crippen LogP contribution >= 0.6 is 0 Å². The summed E-state index contributed by atoms with van der Waals surface area (Å²) in [7, 11) is 0. The minimum atomic E-state index is 0.602. The largest absolute Gasteiger partial charge is 0.313 e. The molecule has 0 aromatic carbocycles. The summed E-state index contributed by atoms with van der Waals surface area (Å²) in [5.41, 5.74) is 1.44. The van der Waals surface area contributed by atoms with Crippen molar-refractivity contribution in [2.24, 2.45) is 17.8 Å². The van der Waals surface area contributed by atoms with E-state index >= 15 is 0 Å². The highest BCUT2D eigenvalue weighted by Gasteiger charge is 2.56. The molecule has 19 heavy (non-hydrogen) atoms. The van der Waals surface area contributed by atoms with E-state index in [4.69, 9.17) is 0 Å². The summed E-state index contributed by atoms with van der Waals surface area (Å²) in [4.78, 5) is 4.15. The molecule has 1 heterocycles. The maximum atomic E-state index is 4.15. The van der Waals surface area contributed by atoms with Gasteiger partial charge in [0.1, 0.15) is 0 Å². The molecule has 1 N–H and O–H groups in total. The van der Waals surface area contributed by atoms with E-state index in [0.29, 0.717) is 12.0 Å². The lowest BCUT2D eigenvalue weighted by Gasteiger charge is -2.27. The second-order valence-corrected chi connectivity index (χ2v) is 6.39. The zero-order chi connectivity index (χ0) is 13.2. The Kier molecular flexibility index (Phi) is 3.88. The number of nitrogens with one attached hydrogen (secondary N) is 1. The van der Waals surface area contributed by atoms with Gasteiger partial charge in [0.05, 0.1) is 0 Å². The molecule has 2 saturated carbocycles. The van der Waals surface area contributed by atoms with Crippen LogP contribution in [0.15, 0.2) is 24.5 Å². The summed E-state index contributed by atoms with van der Waals surface area (Å²) in [6, 6.07) is 5.03. The second-order valence-electron chi connectivity index (χ2n) is 6.39.